The van der Waals surface area contributed by atoms with Gasteiger partial charge in [0, 0.05) is 0 Å². The predicted molar refractivity (Wildman–Crippen MR) is 115 cm³/mol. The standard InChI is InChI=1S/C25H24Si/c1-20-18-19-25(21(20)2)26(22-12-6-3-7-13-22,23-14-8-4-9-15-23)24-16-10-5-11-17-24/h3-18H,19H2,1-2H3. The van der Waals surface area contributed by atoms with Crippen LogP contribution in [0.25, 0.3) is 0 Å². The first kappa shape index (κ1) is 16.8. The molecule has 0 radical (unpaired) electrons. The lowest BCUT2D eigenvalue weighted by molar-refractivity contribution is 1.34. The molecule has 0 heterocycles. The molecule has 3 aromatic rings. The first-order valence-corrected chi connectivity index (χ1v) is 11.3. The molecule has 4 rings (SSSR count). The Balaban J connectivity index is 2.12. The van der Waals surface area contributed by atoms with E-state index in [4.69, 9.17) is 0 Å². The van der Waals surface area contributed by atoms with Crippen molar-refractivity contribution in [1.29, 1.82) is 0 Å². The van der Waals surface area contributed by atoms with Crippen molar-refractivity contribution in [1.82, 2.24) is 0 Å². The molecule has 0 atom stereocenters. The van der Waals surface area contributed by atoms with E-state index in [1.807, 2.05) is 0 Å². The molecule has 0 unspecified atom stereocenters. The average molecular weight is 353 g/mol. The summed E-state index contributed by atoms with van der Waals surface area (Å²) in [6, 6.07) is 33.5. The maximum Gasteiger partial charge on any atom is 0.176 e. The van der Waals surface area contributed by atoms with Gasteiger partial charge in [0.05, 0.1) is 0 Å². The lowest BCUT2D eigenvalue weighted by Gasteiger charge is -2.36. The third kappa shape index (κ3) is 2.60. The van der Waals surface area contributed by atoms with Gasteiger partial charge in [-0.25, -0.2) is 0 Å². The first-order valence-electron chi connectivity index (χ1n) is 9.28. The SMILES string of the molecule is CC1=CCC([Si](c2ccccc2)(c2ccccc2)c2ccccc2)=C1C. The Morgan fingerprint density at radius 1 is 0.577 bits per heavy atom. The van der Waals surface area contributed by atoms with Crippen LogP contribution in [0.4, 0.5) is 0 Å². The minimum absolute atomic E-state index is 1.06. The van der Waals surface area contributed by atoms with Crippen LogP contribution >= 0.6 is 0 Å². The second-order valence-electron chi connectivity index (χ2n) is 7.04. The van der Waals surface area contributed by atoms with E-state index in [1.54, 1.807) is 5.20 Å². The Labute approximate surface area is 157 Å². The summed E-state index contributed by atoms with van der Waals surface area (Å²) >= 11 is 0. The van der Waals surface area contributed by atoms with E-state index in [-0.39, 0.29) is 0 Å². The summed E-state index contributed by atoms with van der Waals surface area (Å²) in [6.45, 7) is 4.56. The number of hydrogen-bond donors (Lipinski definition) is 0. The van der Waals surface area contributed by atoms with Crippen molar-refractivity contribution < 1.29 is 0 Å². The van der Waals surface area contributed by atoms with Crippen molar-refractivity contribution in [3.63, 3.8) is 0 Å². The van der Waals surface area contributed by atoms with E-state index in [1.165, 1.54) is 26.7 Å². The Morgan fingerprint density at radius 3 is 1.27 bits per heavy atom. The molecule has 0 nitrogen and oxygen atoms in total. The fraction of sp³-hybridized carbons (Fsp3) is 0.120. The van der Waals surface area contributed by atoms with Crippen LogP contribution in [-0.4, -0.2) is 8.07 Å². The molecule has 0 amide bonds. The van der Waals surface area contributed by atoms with Gasteiger partial charge in [-0.1, -0.05) is 113 Å². The summed E-state index contributed by atoms with van der Waals surface area (Å²) < 4.78 is 0. The molecule has 0 fully saturated rings. The molecule has 128 valence electrons. The zero-order valence-electron chi connectivity index (χ0n) is 15.4. The molecule has 0 N–H and O–H groups in total. The summed E-state index contributed by atoms with van der Waals surface area (Å²) in [7, 11) is -2.27. The van der Waals surface area contributed by atoms with Gasteiger partial charge in [-0.3, -0.25) is 0 Å². The normalized spacial score (nSPS) is 14.5. The summed E-state index contributed by atoms with van der Waals surface area (Å²) in [5.74, 6) is 0. The molecule has 1 aliphatic rings. The Morgan fingerprint density at radius 2 is 0.962 bits per heavy atom. The van der Waals surface area contributed by atoms with Crippen LogP contribution in [0.5, 0.6) is 0 Å². The first-order chi connectivity index (χ1) is 12.7. The third-order valence-corrected chi connectivity index (χ3v) is 10.8. The quantitative estimate of drug-likeness (QED) is 0.483. The van der Waals surface area contributed by atoms with Crippen molar-refractivity contribution in [2.75, 3.05) is 0 Å². The van der Waals surface area contributed by atoms with E-state index in [0.29, 0.717) is 0 Å². The fourth-order valence-corrected chi connectivity index (χ4v) is 9.61. The van der Waals surface area contributed by atoms with Crippen LogP contribution in [0.15, 0.2) is 113 Å². The van der Waals surface area contributed by atoms with E-state index in [9.17, 15) is 0 Å². The summed E-state index contributed by atoms with van der Waals surface area (Å²) in [4.78, 5) is 0. The van der Waals surface area contributed by atoms with Crippen LogP contribution in [0.1, 0.15) is 20.3 Å². The second kappa shape index (κ2) is 6.93. The maximum absolute atomic E-state index is 2.40. The molecule has 1 heteroatoms. The van der Waals surface area contributed by atoms with E-state index >= 15 is 0 Å². The number of benzene rings is 3. The highest BCUT2D eigenvalue weighted by Crippen LogP contribution is 2.32. The Kier molecular flexibility index (Phi) is 4.48. The predicted octanol–water partition coefficient (Wildman–Crippen LogP) is 4.36. The van der Waals surface area contributed by atoms with Gasteiger partial charge in [-0.15, -0.1) is 0 Å². The molecule has 0 saturated carbocycles. The second-order valence-corrected chi connectivity index (χ2v) is 10.9. The lowest BCUT2D eigenvalue weighted by Crippen LogP contribution is -2.68. The van der Waals surface area contributed by atoms with Gasteiger partial charge < -0.3 is 0 Å². The molecule has 0 spiro atoms. The molecular weight excluding hydrogens is 328 g/mol. The van der Waals surface area contributed by atoms with Crippen LogP contribution in [0, 0.1) is 0 Å². The zero-order chi connectivity index (χ0) is 18.0. The fourth-order valence-electron chi connectivity index (χ4n) is 4.32. The lowest BCUT2D eigenvalue weighted by atomic mass is 10.2. The summed E-state index contributed by atoms with van der Waals surface area (Å²) in [5, 5.41) is 6.03. The van der Waals surface area contributed by atoms with Crippen LogP contribution in [0.2, 0.25) is 0 Å². The highest BCUT2D eigenvalue weighted by Gasteiger charge is 2.44. The van der Waals surface area contributed by atoms with E-state index in [0.717, 1.165) is 6.42 Å². The van der Waals surface area contributed by atoms with Crippen molar-refractivity contribution in [2.24, 2.45) is 0 Å². The van der Waals surface area contributed by atoms with Gasteiger partial charge in [0.2, 0.25) is 0 Å². The molecule has 0 aliphatic heterocycles. The molecule has 0 bridgehead atoms. The Hall–Kier alpha value is -2.64. The van der Waals surface area contributed by atoms with E-state index in [2.05, 4.69) is 111 Å². The average Bonchev–Trinajstić information content (AvgIpc) is 3.04. The minimum atomic E-state index is -2.27. The third-order valence-electron chi connectivity index (χ3n) is 5.73. The zero-order valence-corrected chi connectivity index (χ0v) is 16.4. The minimum Gasteiger partial charge on any atom is -0.0776 e. The van der Waals surface area contributed by atoms with Gasteiger partial charge in [0.25, 0.3) is 0 Å². The van der Waals surface area contributed by atoms with Gasteiger partial charge in [-0.05, 0) is 35.8 Å². The number of allylic oxidation sites excluding steroid dienone is 4. The highest BCUT2D eigenvalue weighted by atomic mass is 28.3. The smallest absolute Gasteiger partial charge is 0.0776 e. The summed E-state index contributed by atoms with van der Waals surface area (Å²) in [5.41, 5.74) is 2.91. The molecule has 0 saturated heterocycles. The van der Waals surface area contributed by atoms with Crippen LogP contribution in [-0.2, 0) is 0 Å². The highest BCUT2D eigenvalue weighted by molar-refractivity contribution is 7.16. The topological polar surface area (TPSA) is 0 Å². The van der Waals surface area contributed by atoms with Crippen molar-refractivity contribution in [3.05, 3.63) is 113 Å². The van der Waals surface area contributed by atoms with Crippen molar-refractivity contribution in [3.8, 4) is 0 Å². The number of rotatable bonds is 4. The van der Waals surface area contributed by atoms with Gasteiger partial charge in [0.15, 0.2) is 8.07 Å². The van der Waals surface area contributed by atoms with E-state index < -0.39 is 8.07 Å². The van der Waals surface area contributed by atoms with Crippen LogP contribution in [0.3, 0.4) is 0 Å². The maximum atomic E-state index is 2.40. The molecule has 26 heavy (non-hydrogen) atoms. The largest absolute Gasteiger partial charge is 0.176 e. The molecular formula is C25H24Si. The van der Waals surface area contributed by atoms with Gasteiger partial charge >= 0.3 is 0 Å². The molecule has 3 aromatic carbocycles. The van der Waals surface area contributed by atoms with Crippen molar-refractivity contribution in [2.45, 2.75) is 20.3 Å². The summed E-state index contributed by atoms with van der Waals surface area (Å²) in [6.07, 6.45) is 3.46. The molecule has 0 aromatic heterocycles. The van der Waals surface area contributed by atoms with Gasteiger partial charge in [-0.2, -0.15) is 0 Å². The van der Waals surface area contributed by atoms with Crippen molar-refractivity contribution >= 4 is 23.6 Å². The monoisotopic (exact) mass is 352 g/mol. The molecule has 1 aliphatic carbocycles. The Bertz CT molecular complexity index is 854. The number of hydrogen-bond acceptors (Lipinski definition) is 0. The van der Waals surface area contributed by atoms with Crippen LogP contribution < -0.4 is 15.6 Å². The van der Waals surface area contributed by atoms with Gasteiger partial charge in [0.1, 0.15) is 0 Å².